The van der Waals surface area contributed by atoms with E-state index in [9.17, 15) is 4.21 Å². The second-order valence-electron chi connectivity index (χ2n) is 1.49. The average molecular weight is 147 g/mol. The van der Waals surface area contributed by atoms with Gasteiger partial charge in [0.1, 0.15) is 9.92 Å². The summed E-state index contributed by atoms with van der Waals surface area (Å²) in [6, 6.07) is 0. The van der Waals surface area contributed by atoms with E-state index in [2.05, 4.69) is 9.08 Å². The highest BCUT2D eigenvalue weighted by Gasteiger charge is 1.93. The molecule has 0 aliphatic heterocycles. The van der Waals surface area contributed by atoms with Crippen LogP contribution < -0.4 is 4.72 Å². The number of rotatable bonds is 2. The van der Waals surface area contributed by atoms with Crippen LogP contribution >= 0.6 is 0 Å². The van der Waals surface area contributed by atoms with Crippen molar-refractivity contribution in [1.82, 2.24) is 4.72 Å². The summed E-state index contributed by atoms with van der Waals surface area (Å²) in [5.74, 6) is 0. The summed E-state index contributed by atoms with van der Waals surface area (Å²) in [4.78, 5) is 0. The van der Waals surface area contributed by atoms with Crippen molar-refractivity contribution in [2.24, 2.45) is 4.36 Å². The van der Waals surface area contributed by atoms with Gasteiger partial charge in [0.25, 0.3) is 0 Å². The lowest BCUT2D eigenvalue weighted by molar-refractivity contribution is 0.671. The van der Waals surface area contributed by atoms with Gasteiger partial charge in [-0.1, -0.05) is 6.92 Å². The van der Waals surface area contributed by atoms with Crippen molar-refractivity contribution in [3.63, 3.8) is 0 Å². The normalized spacial score (nSPS) is 15.7. The number of hydrogen-bond donors (Lipinski definition) is 1. The van der Waals surface area contributed by atoms with E-state index in [-0.39, 0.29) is 0 Å². The van der Waals surface area contributed by atoms with Gasteiger partial charge in [0, 0.05) is 12.8 Å². The van der Waals surface area contributed by atoms with Gasteiger partial charge >= 0.3 is 0 Å². The van der Waals surface area contributed by atoms with Crippen LogP contribution in [0.1, 0.15) is 6.92 Å². The first kappa shape index (κ1) is 8.40. The highest BCUT2D eigenvalue weighted by atomic mass is 32.2. The Morgan fingerprint density at radius 3 is 2.78 bits per heavy atom. The first-order chi connectivity index (χ1) is 4.12. The summed E-state index contributed by atoms with van der Waals surface area (Å²) < 4.78 is 16.6. The molecule has 0 aliphatic rings. The zero-order valence-electron chi connectivity index (χ0n) is 5.42. The second-order valence-corrected chi connectivity index (χ2v) is 3.57. The molecule has 1 atom stereocenters. The lowest BCUT2D eigenvalue weighted by Gasteiger charge is -1.97. The van der Waals surface area contributed by atoms with Crippen molar-refractivity contribution in [3.05, 3.63) is 0 Å². The van der Waals surface area contributed by atoms with Crippen LogP contribution in [0.5, 0.6) is 0 Å². The van der Waals surface area contributed by atoms with Crippen molar-refractivity contribution < 1.29 is 4.21 Å². The molecule has 0 fully saturated rings. The van der Waals surface area contributed by atoms with Crippen molar-refractivity contribution in [1.29, 1.82) is 5.26 Å². The van der Waals surface area contributed by atoms with E-state index in [1.165, 1.54) is 12.4 Å². The summed E-state index contributed by atoms with van der Waals surface area (Å²) in [5, 5.41) is 7.99. The number of hydrogen-bond acceptors (Lipinski definition) is 3. The molecular weight excluding hydrogens is 138 g/mol. The lowest BCUT2D eigenvalue weighted by Crippen LogP contribution is -2.20. The molecule has 0 heterocycles. The molecule has 0 aliphatic carbocycles. The number of nitrogens with zero attached hydrogens (tertiary/aromatic N) is 2. The Balaban J connectivity index is 4.25. The minimum absolute atomic E-state index is 0.556. The Kier molecular flexibility index (Phi) is 3.20. The van der Waals surface area contributed by atoms with Crippen LogP contribution in [0.25, 0.3) is 0 Å². The Morgan fingerprint density at radius 2 is 2.44 bits per heavy atom. The SMILES string of the molecule is CCNS(C)(=O)=NC#N. The molecule has 0 amide bonds. The predicted octanol–water partition coefficient (Wildman–Crippen LogP) is 0.0898. The van der Waals surface area contributed by atoms with Crippen LogP contribution in [0.4, 0.5) is 0 Å². The van der Waals surface area contributed by atoms with Gasteiger partial charge < -0.3 is 0 Å². The van der Waals surface area contributed by atoms with E-state index >= 15 is 0 Å². The van der Waals surface area contributed by atoms with Crippen LogP contribution in [-0.4, -0.2) is 17.0 Å². The fraction of sp³-hybridized carbons (Fsp3) is 0.750. The maximum Gasteiger partial charge on any atom is 0.215 e. The molecule has 0 aromatic carbocycles. The number of nitriles is 1. The van der Waals surface area contributed by atoms with E-state index in [0.717, 1.165) is 0 Å². The van der Waals surface area contributed by atoms with Gasteiger partial charge in [0.05, 0.1) is 0 Å². The number of nitrogens with one attached hydrogen (secondary N) is 1. The van der Waals surface area contributed by atoms with Crippen molar-refractivity contribution in [2.45, 2.75) is 6.92 Å². The molecule has 0 bridgehead atoms. The van der Waals surface area contributed by atoms with Gasteiger partial charge in [0.15, 0.2) is 0 Å². The first-order valence-corrected chi connectivity index (χ1v) is 4.39. The quantitative estimate of drug-likeness (QED) is 0.562. The molecule has 0 saturated carbocycles. The minimum atomic E-state index is -2.42. The van der Waals surface area contributed by atoms with Gasteiger partial charge in [0.2, 0.25) is 6.19 Å². The van der Waals surface area contributed by atoms with E-state index in [0.29, 0.717) is 6.54 Å². The third-order valence-corrected chi connectivity index (χ3v) is 1.88. The first-order valence-electron chi connectivity index (χ1n) is 2.47. The second kappa shape index (κ2) is 3.43. The van der Waals surface area contributed by atoms with E-state index < -0.39 is 9.92 Å². The Morgan fingerprint density at radius 1 is 1.89 bits per heavy atom. The van der Waals surface area contributed by atoms with Crippen LogP contribution in [-0.2, 0) is 9.92 Å². The third-order valence-electron chi connectivity index (χ3n) is 0.627. The van der Waals surface area contributed by atoms with Gasteiger partial charge in [-0.3, -0.25) is 0 Å². The predicted molar refractivity (Wildman–Crippen MR) is 35.8 cm³/mol. The molecule has 1 unspecified atom stereocenters. The molecule has 0 rings (SSSR count). The Hall–Kier alpha value is -0.600. The van der Waals surface area contributed by atoms with Crippen molar-refractivity contribution in [3.8, 4) is 6.19 Å². The monoisotopic (exact) mass is 147 g/mol. The molecule has 4 nitrogen and oxygen atoms in total. The molecule has 0 radical (unpaired) electrons. The standard InChI is InChI=1S/C4H9N3OS/c1-3-6-9(2,8)7-4-5/h3H2,1-2H3,(H,6,7,8). The van der Waals surface area contributed by atoms with E-state index in [4.69, 9.17) is 5.26 Å². The highest BCUT2D eigenvalue weighted by Crippen LogP contribution is 1.80. The van der Waals surface area contributed by atoms with Gasteiger partial charge in [-0.2, -0.15) is 5.26 Å². The molecule has 0 spiro atoms. The van der Waals surface area contributed by atoms with Crippen molar-refractivity contribution >= 4 is 9.92 Å². The van der Waals surface area contributed by atoms with Crippen LogP contribution in [0, 0.1) is 11.5 Å². The third kappa shape index (κ3) is 3.94. The summed E-state index contributed by atoms with van der Waals surface area (Å²) in [5.41, 5.74) is 0. The minimum Gasteiger partial charge on any atom is -0.233 e. The maximum absolute atomic E-state index is 10.9. The Labute approximate surface area is 55.2 Å². The fourth-order valence-corrected chi connectivity index (χ4v) is 1.13. The summed E-state index contributed by atoms with van der Waals surface area (Å²) in [7, 11) is -2.42. The molecule has 5 heteroatoms. The van der Waals surface area contributed by atoms with Crippen LogP contribution in [0.3, 0.4) is 0 Å². The summed E-state index contributed by atoms with van der Waals surface area (Å²) >= 11 is 0. The zero-order valence-corrected chi connectivity index (χ0v) is 6.23. The van der Waals surface area contributed by atoms with Gasteiger partial charge in [-0.15, -0.1) is 4.36 Å². The lowest BCUT2D eigenvalue weighted by atomic mass is 10.8. The van der Waals surface area contributed by atoms with Crippen LogP contribution in [0.2, 0.25) is 0 Å². The topological polar surface area (TPSA) is 65.2 Å². The summed E-state index contributed by atoms with van der Waals surface area (Å²) in [6.45, 7) is 2.36. The van der Waals surface area contributed by atoms with Gasteiger partial charge in [-0.25, -0.2) is 8.93 Å². The molecule has 9 heavy (non-hydrogen) atoms. The smallest absolute Gasteiger partial charge is 0.215 e. The molecular formula is C4H9N3OS. The summed E-state index contributed by atoms with van der Waals surface area (Å²) in [6.07, 6.45) is 2.87. The molecule has 0 aromatic rings. The van der Waals surface area contributed by atoms with Crippen molar-refractivity contribution in [2.75, 3.05) is 12.8 Å². The van der Waals surface area contributed by atoms with E-state index in [1.807, 2.05) is 0 Å². The van der Waals surface area contributed by atoms with Crippen LogP contribution in [0.15, 0.2) is 4.36 Å². The maximum atomic E-state index is 10.9. The molecule has 0 saturated heterocycles. The largest absolute Gasteiger partial charge is 0.233 e. The fourth-order valence-electron chi connectivity index (χ4n) is 0.378. The van der Waals surface area contributed by atoms with E-state index in [1.54, 1.807) is 6.92 Å². The zero-order chi connectivity index (χ0) is 7.33. The Bertz CT molecular complexity index is 220. The molecule has 1 N–H and O–H groups in total. The highest BCUT2D eigenvalue weighted by molar-refractivity contribution is 7.91. The average Bonchev–Trinajstić information content (AvgIpc) is 1.64. The molecule has 52 valence electrons. The van der Waals surface area contributed by atoms with Gasteiger partial charge in [-0.05, 0) is 0 Å². The molecule has 0 aromatic heterocycles.